The lowest BCUT2D eigenvalue weighted by Crippen LogP contribution is -2.46. The van der Waals surface area contributed by atoms with Crippen LogP contribution >= 0.6 is 11.8 Å². The molecule has 0 aliphatic carbocycles. The number of carbonyl (C=O) groups is 1. The highest BCUT2D eigenvalue weighted by Gasteiger charge is 2.28. The van der Waals surface area contributed by atoms with Crippen LogP contribution in [0, 0.1) is 5.92 Å². The van der Waals surface area contributed by atoms with E-state index in [9.17, 15) is 13.2 Å². The van der Waals surface area contributed by atoms with Gasteiger partial charge in [-0.25, -0.2) is 8.42 Å². The van der Waals surface area contributed by atoms with Crippen molar-refractivity contribution >= 4 is 27.5 Å². The van der Waals surface area contributed by atoms with Crippen LogP contribution in [0.5, 0.6) is 0 Å². The van der Waals surface area contributed by atoms with E-state index in [4.69, 9.17) is 0 Å². The highest BCUT2D eigenvalue weighted by Crippen LogP contribution is 2.24. The van der Waals surface area contributed by atoms with Crippen LogP contribution in [0.4, 0.5) is 0 Å². The molecule has 3 atom stereocenters. The molecule has 7 heteroatoms. The lowest BCUT2D eigenvalue weighted by molar-refractivity contribution is -0.118. The first-order valence-electron chi connectivity index (χ1n) is 8.18. The van der Waals surface area contributed by atoms with Crippen LogP contribution in [-0.2, 0) is 14.6 Å². The van der Waals surface area contributed by atoms with Gasteiger partial charge in [-0.05, 0) is 38.6 Å². The lowest BCUT2D eigenvalue weighted by atomic mass is 9.99. The standard InChI is InChI=1S/C15H28N2O3S2/c1-12-4-3-6-17(9-12)13(2)8-16-15(18)10-21-14-5-7-22(19,20)11-14/h12-14H,3-11H2,1-2H3,(H,16,18)/t12-,13+,14-/m1/s1. The summed E-state index contributed by atoms with van der Waals surface area (Å²) in [7, 11) is -2.85. The van der Waals surface area contributed by atoms with Gasteiger partial charge in [0.1, 0.15) is 0 Å². The van der Waals surface area contributed by atoms with Crippen molar-refractivity contribution in [2.75, 3.05) is 36.9 Å². The van der Waals surface area contributed by atoms with E-state index in [1.54, 1.807) is 0 Å². The average molecular weight is 349 g/mol. The van der Waals surface area contributed by atoms with Crippen molar-refractivity contribution in [1.82, 2.24) is 10.2 Å². The van der Waals surface area contributed by atoms with Crippen LogP contribution in [0.25, 0.3) is 0 Å². The molecule has 0 spiro atoms. The Morgan fingerprint density at radius 3 is 2.82 bits per heavy atom. The first kappa shape index (κ1) is 18.1. The zero-order valence-corrected chi connectivity index (χ0v) is 15.2. The van der Waals surface area contributed by atoms with Gasteiger partial charge < -0.3 is 5.32 Å². The van der Waals surface area contributed by atoms with Gasteiger partial charge >= 0.3 is 0 Å². The Bertz CT molecular complexity index is 481. The summed E-state index contributed by atoms with van der Waals surface area (Å²) in [5, 5.41) is 3.08. The van der Waals surface area contributed by atoms with E-state index in [2.05, 4.69) is 24.1 Å². The predicted octanol–water partition coefficient (Wildman–Crippen LogP) is 1.14. The number of hydrogen-bond donors (Lipinski definition) is 1. The number of hydrogen-bond acceptors (Lipinski definition) is 5. The number of amides is 1. The SMILES string of the molecule is C[C@@H]1CCCN([C@@H](C)CNC(=O)CS[C@@H]2CCS(=O)(=O)C2)C1. The number of thioether (sulfide) groups is 1. The third-order valence-corrected chi connectivity index (χ3v) is 7.83. The molecule has 2 rings (SSSR count). The molecule has 1 amide bonds. The van der Waals surface area contributed by atoms with E-state index in [1.165, 1.54) is 24.6 Å². The van der Waals surface area contributed by atoms with Crippen LogP contribution in [0.15, 0.2) is 0 Å². The summed E-state index contributed by atoms with van der Waals surface area (Å²) < 4.78 is 22.8. The molecule has 1 N–H and O–H groups in total. The number of nitrogens with zero attached hydrogens (tertiary/aromatic N) is 1. The monoisotopic (exact) mass is 348 g/mol. The number of carbonyl (C=O) groups excluding carboxylic acids is 1. The van der Waals surface area contributed by atoms with E-state index in [1.807, 2.05) is 0 Å². The Kier molecular flexibility index (Phi) is 6.58. The second-order valence-electron chi connectivity index (χ2n) is 6.73. The molecule has 2 aliphatic rings. The average Bonchev–Trinajstić information content (AvgIpc) is 2.82. The maximum atomic E-state index is 11.9. The molecule has 0 aromatic rings. The van der Waals surface area contributed by atoms with Gasteiger partial charge in [-0.15, -0.1) is 11.8 Å². The van der Waals surface area contributed by atoms with Gasteiger partial charge in [0.2, 0.25) is 5.91 Å². The largest absolute Gasteiger partial charge is 0.354 e. The van der Waals surface area contributed by atoms with E-state index in [-0.39, 0.29) is 22.7 Å². The molecule has 2 saturated heterocycles. The molecule has 5 nitrogen and oxygen atoms in total. The minimum atomic E-state index is -2.85. The number of piperidine rings is 1. The Labute approximate surface area is 138 Å². The summed E-state index contributed by atoms with van der Waals surface area (Å²) in [6, 6.07) is 0.364. The fourth-order valence-corrected chi connectivity index (χ4v) is 6.63. The minimum Gasteiger partial charge on any atom is -0.354 e. The number of rotatable bonds is 6. The molecule has 0 unspecified atom stereocenters. The Hall–Kier alpha value is -0.270. The molecule has 0 aromatic heterocycles. The smallest absolute Gasteiger partial charge is 0.230 e. The summed E-state index contributed by atoms with van der Waals surface area (Å²) >= 11 is 1.48. The Balaban J connectivity index is 1.63. The third-order valence-electron chi connectivity index (χ3n) is 4.55. The van der Waals surface area contributed by atoms with Crippen molar-refractivity contribution in [1.29, 1.82) is 0 Å². The minimum absolute atomic E-state index is 0.0196. The summed E-state index contributed by atoms with van der Waals surface area (Å²) in [5.41, 5.74) is 0. The van der Waals surface area contributed by atoms with Gasteiger partial charge in [-0.3, -0.25) is 9.69 Å². The fourth-order valence-electron chi connectivity index (χ4n) is 3.15. The molecular weight excluding hydrogens is 320 g/mol. The van der Waals surface area contributed by atoms with Gasteiger partial charge in [-0.2, -0.15) is 0 Å². The van der Waals surface area contributed by atoms with Crippen LogP contribution in [-0.4, -0.2) is 67.4 Å². The van der Waals surface area contributed by atoms with E-state index in [0.717, 1.165) is 19.0 Å². The van der Waals surface area contributed by atoms with Crippen molar-refractivity contribution in [3.05, 3.63) is 0 Å². The van der Waals surface area contributed by atoms with Crippen LogP contribution in [0.3, 0.4) is 0 Å². The topological polar surface area (TPSA) is 66.5 Å². The third kappa shape index (κ3) is 5.74. The maximum absolute atomic E-state index is 11.9. The predicted molar refractivity (Wildman–Crippen MR) is 92.0 cm³/mol. The first-order valence-corrected chi connectivity index (χ1v) is 11.1. The van der Waals surface area contributed by atoms with Crippen molar-refractivity contribution in [3.63, 3.8) is 0 Å². The van der Waals surface area contributed by atoms with Gasteiger partial charge in [-0.1, -0.05) is 6.92 Å². The van der Waals surface area contributed by atoms with E-state index >= 15 is 0 Å². The summed E-state index contributed by atoms with van der Waals surface area (Å²) in [6.45, 7) is 7.36. The van der Waals surface area contributed by atoms with Crippen LogP contribution in [0.2, 0.25) is 0 Å². The Morgan fingerprint density at radius 1 is 1.41 bits per heavy atom. The Morgan fingerprint density at radius 2 is 2.18 bits per heavy atom. The lowest BCUT2D eigenvalue weighted by Gasteiger charge is -2.35. The van der Waals surface area contributed by atoms with Gasteiger partial charge in [0, 0.05) is 24.4 Å². The maximum Gasteiger partial charge on any atom is 0.230 e. The molecule has 2 heterocycles. The fraction of sp³-hybridized carbons (Fsp3) is 0.933. The highest BCUT2D eigenvalue weighted by molar-refractivity contribution is 8.02. The molecular formula is C15H28N2O3S2. The second kappa shape index (κ2) is 8.02. The summed E-state index contributed by atoms with van der Waals surface area (Å²) in [5.74, 6) is 1.63. The van der Waals surface area contributed by atoms with Crippen molar-refractivity contribution in [2.24, 2.45) is 5.92 Å². The van der Waals surface area contributed by atoms with Crippen LogP contribution in [0.1, 0.15) is 33.1 Å². The molecule has 2 fully saturated rings. The molecule has 128 valence electrons. The molecule has 0 aromatic carbocycles. The van der Waals surface area contributed by atoms with Crippen molar-refractivity contribution < 1.29 is 13.2 Å². The zero-order valence-electron chi connectivity index (χ0n) is 13.6. The second-order valence-corrected chi connectivity index (χ2v) is 10.2. The molecule has 0 bridgehead atoms. The zero-order chi connectivity index (χ0) is 16.2. The van der Waals surface area contributed by atoms with Gasteiger partial charge in [0.05, 0.1) is 17.3 Å². The quantitative estimate of drug-likeness (QED) is 0.780. The highest BCUT2D eigenvalue weighted by atomic mass is 32.2. The molecule has 22 heavy (non-hydrogen) atoms. The van der Waals surface area contributed by atoms with E-state index < -0.39 is 9.84 Å². The molecule has 0 saturated carbocycles. The van der Waals surface area contributed by atoms with Crippen molar-refractivity contribution in [2.45, 2.75) is 44.4 Å². The normalized spacial score (nSPS) is 30.1. The number of likely N-dealkylation sites (tertiary alicyclic amines) is 1. The summed E-state index contributed by atoms with van der Waals surface area (Å²) in [4.78, 5) is 14.4. The number of sulfone groups is 1. The number of nitrogens with one attached hydrogen (secondary N) is 1. The summed E-state index contributed by atoms with van der Waals surface area (Å²) in [6.07, 6.45) is 3.23. The van der Waals surface area contributed by atoms with Crippen molar-refractivity contribution in [3.8, 4) is 0 Å². The first-order chi connectivity index (χ1) is 10.4. The van der Waals surface area contributed by atoms with Gasteiger partial charge in [0.25, 0.3) is 0 Å². The van der Waals surface area contributed by atoms with Crippen LogP contribution < -0.4 is 5.32 Å². The molecule has 0 radical (unpaired) electrons. The van der Waals surface area contributed by atoms with Gasteiger partial charge in [0.15, 0.2) is 9.84 Å². The molecule has 2 aliphatic heterocycles. The van der Waals surface area contributed by atoms with E-state index in [0.29, 0.717) is 24.8 Å².